The van der Waals surface area contributed by atoms with E-state index in [0.29, 0.717) is 0 Å². The van der Waals surface area contributed by atoms with Gasteiger partial charge in [0.05, 0.1) is 10.2 Å². The molecule has 1 fully saturated rings. The van der Waals surface area contributed by atoms with Gasteiger partial charge in [0.2, 0.25) is 5.91 Å². The summed E-state index contributed by atoms with van der Waals surface area (Å²) in [5.41, 5.74) is 3.61. The lowest BCUT2D eigenvalue weighted by atomic mass is 10.1. The average molecular weight is 435 g/mol. The second-order valence-corrected chi connectivity index (χ2v) is 7.47. The number of pyridine rings is 1. The van der Waals surface area contributed by atoms with Gasteiger partial charge in [-0.25, -0.2) is 4.98 Å². The third-order valence-electron chi connectivity index (χ3n) is 3.87. The molecule has 0 atom stereocenters. The molecule has 0 radical (unpaired) electrons. The second-order valence-electron chi connectivity index (χ2n) is 5.70. The van der Waals surface area contributed by atoms with Crippen LogP contribution in [0.15, 0.2) is 51.7 Å². The molecular weight excluding hydrogens is 422 g/mol. The molecule has 2 aromatic heterocycles. The maximum absolute atomic E-state index is 11.8. The van der Waals surface area contributed by atoms with Crippen LogP contribution in [-0.4, -0.2) is 15.3 Å². The van der Waals surface area contributed by atoms with Gasteiger partial charge in [0, 0.05) is 34.0 Å². The molecule has 6 heteroatoms. The molecular formula is C17H13Br2N3O. The van der Waals surface area contributed by atoms with Gasteiger partial charge in [0.25, 0.3) is 0 Å². The number of halogens is 2. The molecule has 23 heavy (non-hydrogen) atoms. The predicted molar refractivity (Wildman–Crippen MR) is 97.4 cm³/mol. The molecule has 1 saturated carbocycles. The Morgan fingerprint density at radius 2 is 1.91 bits per heavy atom. The van der Waals surface area contributed by atoms with Gasteiger partial charge in [-0.1, -0.05) is 12.1 Å². The van der Waals surface area contributed by atoms with Gasteiger partial charge >= 0.3 is 0 Å². The zero-order valence-corrected chi connectivity index (χ0v) is 15.3. The van der Waals surface area contributed by atoms with E-state index in [-0.39, 0.29) is 11.8 Å². The fourth-order valence-electron chi connectivity index (χ4n) is 2.48. The summed E-state index contributed by atoms with van der Waals surface area (Å²) in [4.78, 5) is 16.4. The van der Waals surface area contributed by atoms with Crippen LogP contribution in [-0.2, 0) is 4.79 Å². The van der Waals surface area contributed by atoms with Crippen LogP contribution in [0.4, 0.5) is 5.69 Å². The minimum Gasteiger partial charge on any atom is -0.326 e. The van der Waals surface area contributed by atoms with E-state index in [9.17, 15) is 4.79 Å². The van der Waals surface area contributed by atoms with E-state index in [4.69, 9.17) is 0 Å². The summed E-state index contributed by atoms with van der Waals surface area (Å²) in [6, 6.07) is 9.78. The Morgan fingerprint density at radius 1 is 1.17 bits per heavy atom. The van der Waals surface area contributed by atoms with E-state index in [1.807, 2.05) is 47.1 Å². The van der Waals surface area contributed by atoms with E-state index in [2.05, 4.69) is 42.2 Å². The summed E-state index contributed by atoms with van der Waals surface area (Å²) in [5, 5.41) is 2.95. The first-order valence-electron chi connectivity index (χ1n) is 7.35. The minimum atomic E-state index is 0.124. The van der Waals surface area contributed by atoms with Gasteiger partial charge < -0.3 is 9.72 Å². The van der Waals surface area contributed by atoms with Gasteiger partial charge in [0.1, 0.15) is 0 Å². The topological polar surface area (TPSA) is 46.4 Å². The van der Waals surface area contributed by atoms with Gasteiger partial charge in [0.15, 0.2) is 5.65 Å². The summed E-state index contributed by atoms with van der Waals surface area (Å²) < 4.78 is 3.90. The van der Waals surface area contributed by atoms with E-state index in [1.165, 1.54) is 0 Å². The summed E-state index contributed by atoms with van der Waals surface area (Å²) in [5.74, 6) is 0.336. The Morgan fingerprint density at radius 3 is 2.61 bits per heavy atom. The number of nitrogens with zero attached hydrogens (tertiary/aromatic N) is 2. The van der Waals surface area contributed by atoms with Crippen molar-refractivity contribution in [3.8, 4) is 11.3 Å². The lowest BCUT2D eigenvalue weighted by molar-refractivity contribution is -0.117. The van der Waals surface area contributed by atoms with Crippen molar-refractivity contribution >= 4 is 49.1 Å². The van der Waals surface area contributed by atoms with Crippen molar-refractivity contribution < 1.29 is 4.79 Å². The van der Waals surface area contributed by atoms with Crippen LogP contribution < -0.4 is 5.32 Å². The number of fused-ring (bicyclic) bond motifs is 1. The summed E-state index contributed by atoms with van der Waals surface area (Å²) in [7, 11) is 0. The van der Waals surface area contributed by atoms with Gasteiger partial charge in [-0.05, 0) is 62.9 Å². The van der Waals surface area contributed by atoms with E-state index < -0.39 is 0 Å². The van der Waals surface area contributed by atoms with Crippen molar-refractivity contribution in [2.24, 2.45) is 5.92 Å². The number of hydrogen-bond acceptors (Lipinski definition) is 2. The van der Waals surface area contributed by atoms with Crippen LogP contribution in [0.1, 0.15) is 12.8 Å². The van der Waals surface area contributed by atoms with Crippen LogP contribution in [0.5, 0.6) is 0 Å². The Labute approximate surface area is 150 Å². The molecule has 0 unspecified atom stereocenters. The Bertz CT molecular complexity index is 898. The molecule has 0 saturated heterocycles. The number of aromatic nitrogens is 2. The number of carbonyl (C=O) groups excluding carboxylic acids is 1. The maximum Gasteiger partial charge on any atom is 0.227 e. The molecule has 4 nitrogen and oxygen atoms in total. The summed E-state index contributed by atoms with van der Waals surface area (Å²) in [6.07, 6.45) is 5.98. The first-order chi connectivity index (χ1) is 11.1. The smallest absolute Gasteiger partial charge is 0.227 e. The second kappa shape index (κ2) is 5.76. The molecule has 1 N–H and O–H groups in total. The molecule has 116 valence electrons. The molecule has 0 spiro atoms. The zero-order chi connectivity index (χ0) is 16.0. The highest BCUT2D eigenvalue weighted by Crippen LogP contribution is 2.31. The molecule has 0 aliphatic heterocycles. The molecule has 1 aliphatic rings. The van der Waals surface area contributed by atoms with Crippen molar-refractivity contribution in [3.63, 3.8) is 0 Å². The summed E-state index contributed by atoms with van der Waals surface area (Å²) in [6.45, 7) is 0. The average Bonchev–Trinajstić information content (AvgIpc) is 3.28. The SMILES string of the molecule is O=C(Nc1ccc(-c2cn3cc(Br)cc(Br)c3n2)cc1)C1CC1. The number of carbonyl (C=O) groups is 1. The van der Waals surface area contributed by atoms with Crippen molar-refractivity contribution in [3.05, 3.63) is 51.7 Å². The normalized spacial score (nSPS) is 14.2. The fourth-order valence-corrected chi connectivity index (χ4v) is 3.77. The van der Waals surface area contributed by atoms with Crippen LogP contribution in [0, 0.1) is 5.92 Å². The molecule has 1 aliphatic carbocycles. The van der Waals surface area contributed by atoms with Crippen LogP contribution in [0.25, 0.3) is 16.9 Å². The molecule has 1 aromatic carbocycles. The van der Waals surface area contributed by atoms with E-state index in [0.717, 1.165) is 44.4 Å². The lowest BCUT2D eigenvalue weighted by Gasteiger charge is -2.04. The minimum absolute atomic E-state index is 0.124. The molecule has 0 bridgehead atoms. The van der Waals surface area contributed by atoms with Crippen LogP contribution >= 0.6 is 31.9 Å². The summed E-state index contributed by atoms with van der Waals surface area (Å²) >= 11 is 7.01. The van der Waals surface area contributed by atoms with Crippen LogP contribution in [0.2, 0.25) is 0 Å². The first-order valence-corrected chi connectivity index (χ1v) is 8.94. The third-order valence-corrected chi connectivity index (χ3v) is 4.89. The Hall–Kier alpha value is -1.66. The maximum atomic E-state index is 11.8. The van der Waals surface area contributed by atoms with Crippen molar-refractivity contribution in [1.82, 2.24) is 9.38 Å². The number of imidazole rings is 1. The number of amides is 1. The third kappa shape index (κ3) is 3.05. The molecule has 4 rings (SSSR count). The van der Waals surface area contributed by atoms with Gasteiger partial charge in [-0.3, -0.25) is 4.79 Å². The highest BCUT2D eigenvalue weighted by atomic mass is 79.9. The monoisotopic (exact) mass is 433 g/mol. The predicted octanol–water partition coefficient (Wildman–Crippen LogP) is 4.87. The Balaban J connectivity index is 1.62. The number of nitrogens with one attached hydrogen (secondary N) is 1. The molecule has 3 aromatic rings. The Kier molecular flexibility index (Phi) is 3.73. The number of benzene rings is 1. The van der Waals surface area contributed by atoms with E-state index >= 15 is 0 Å². The number of anilines is 1. The van der Waals surface area contributed by atoms with Crippen molar-refractivity contribution in [2.75, 3.05) is 5.32 Å². The number of rotatable bonds is 3. The van der Waals surface area contributed by atoms with Gasteiger partial charge in [-0.2, -0.15) is 0 Å². The van der Waals surface area contributed by atoms with Gasteiger partial charge in [-0.15, -0.1) is 0 Å². The van der Waals surface area contributed by atoms with Crippen molar-refractivity contribution in [2.45, 2.75) is 12.8 Å². The van der Waals surface area contributed by atoms with Crippen LogP contribution in [0.3, 0.4) is 0 Å². The highest BCUT2D eigenvalue weighted by molar-refractivity contribution is 9.11. The molecule has 2 heterocycles. The van der Waals surface area contributed by atoms with Crippen molar-refractivity contribution in [1.29, 1.82) is 0 Å². The largest absolute Gasteiger partial charge is 0.326 e. The fraction of sp³-hybridized carbons (Fsp3) is 0.176. The standard InChI is InChI=1S/C17H13Br2N3O/c18-12-7-14(19)16-21-15(9-22(16)8-12)10-3-5-13(6-4-10)20-17(23)11-1-2-11/h3-9,11H,1-2H2,(H,20,23). The number of hydrogen-bond donors (Lipinski definition) is 1. The zero-order valence-electron chi connectivity index (χ0n) is 12.1. The highest BCUT2D eigenvalue weighted by Gasteiger charge is 2.29. The van der Waals surface area contributed by atoms with E-state index in [1.54, 1.807) is 0 Å². The first kappa shape index (κ1) is 14.9. The quantitative estimate of drug-likeness (QED) is 0.638. The molecule has 1 amide bonds. The lowest BCUT2D eigenvalue weighted by Crippen LogP contribution is -2.12.